The van der Waals surface area contributed by atoms with Crippen LogP contribution in [0.4, 0.5) is 0 Å². The van der Waals surface area contributed by atoms with Crippen LogP contribution < -0.4 is 5.69 Å². The average molecular weight is 367 g/mol. The van der Waals surface area contributed by atoms with Crippen molar-refractivity contribution in [3.8, 4) is 0 Å². The van der Waals surface area contributed by atoms with Crippen LogP contribution in [0.25, 0.3) is 0 Å². The quantitative estimate of drug-likeness (QED) is 0.513. The van der Waals surface area contributed by atoms with Crippen LogP contribution in [0.15, 0.2) is 58.5 Å². The Morgan fingerprint density at radius 3 is 2.65 bits per heavy atom. The fourth-order valence-corrected chi connectivity index (χ4v) is 3.69. The summed E-state index contributed by atoms with van der Waals surface area (Å²) in [6.07, 6.45) is 0.735. The predicted molar refractivity (Wildman–Crippen MR) is 104 cm³/mol. The van der Waals surface area contributed by atoms with Gasteiger partial charge in [-0.2, -0.15) is 0 Å². The molecular weight excluding hydrogens is 346 g/mol. The van der Waals surface area contributed by atoms with Crippen LogP contribution >= 0.6 is 11.8 Å². The lowest BCUT2D eigenvalue weighted by Crippen LogP contribution is -2.19. The number of thioether (sulfide) groups is 1. The minimum Gasteiger partial charge on any atom is -0.293 e. The molecule has 0 unspecified atom stereocenters. The smallest absolute Gasteiger partial charge is 0.293 e. The minimum atomic E-state index is -0.248. The summed E-state index contributed by atoms with van der Waals surface area (Å²) in [5.74, 6) is 0.289. The molecule has 0 aliphatic carbocycles. The van der Waals surface area contributed by atoms with Gasteiger partial charge in [0.2, 0.25) is 0 Å². The number of nitrogens with one attached hydrogen (secondary N) is 1. The van der Waals surface area contributed by atoms with E-state index >= 15 is 0 Å². The maximum Gasteiger partial charge on any atom is 0.343 e. The number of Topliss-reactive ketones (excluding diaryl/α,β-unsaturated/α-hetero) is 1. The maximum atomic E-state index is 12.5. The third kappa shape index (κ3) is 4.32. The second-order valence-electron chi connectivity index (χ2n) is 6.23. The number of aryl methyl sites for hydroxylation is 3. The molecule has 26 heavy (non-hydrogen) atoms. The van der Waals surface area contributed by atoms with E-state index in [2.05, 4.69) is 10.2 Å². The molecule has 1 N–H and O–H groups in total. The molecule has 0 bridgehead atoms. The number of carbonyl (C=O) groups excluding carboxylic acids is 1. The van der Waals surface area contributed by atoms with Crippen molar-refractivity contribution in [2.45, 2.75) is 32.0 Å². The average Bonchev–Trinajstić information content (AvgIpc) is 2.98. The number of carbonyl (C=O) groups is 1. The molecule has 0 radical (unpaired) electrons. The van der Waals surface area contributed by atoms with Gasteiger partial charge >= 0.3 is 5.69 Å². The van der Waals surface area contributed by atoms with Crippen molar-refractivity contribution >= 4 is 17.5 Å². The van der Waals surface area contributed by atoms with E-state index in [0.29, 0.717) is 11.7 Å². The molecule has 5 nitrogen and oxygen atoms in total. The lowest BCUT2D eigenvalue weighted by atomic mass is 10.0. The van der Waals surface area contributed by atoms with E-state index in [4.69, 9.17) is 0 Å². The molecule has 3 rings (SSSR count). The minimum absolute atomic E-state index is 0.0394. The highest BCUT2D eigenvalue weighted by atomic mass is 32.2. The number of aromatic nitrogens is 3. The van der Waals surface area contributed by atoms with Crippen molar-refractivity contribution in [2.24, 2.45) is 0 Å². The van der Waals surface area contributed by atoms with Crippen LogP contribution in [-0.4, -0.2) is 26.3 Å². The second-order valence-corrected chi connectivity index (χ2v) is 7.17. The van der Waals surface area contributed by atoms with Gasteiger partial charge in [-0.3, -0.25) is 9.36 Å². The zero-order valence-electron chi connectivity index (χ0n) is 14.9. The molecule has 3 aromatic rings. The van der Waals surface area contributed by atoms with Crippen LogP contribution in [-0.2, 0) is 13.0 Å². The van der Waals surface area contributed by atoms with Crippen LogP contribution in [0, 0.1) is 13.8 Å². The van der Waals surface area contributed by atoms with E-state index in [9.17, 15) is 9.59 Å². The first-order valence-electron chi connectivity index (χ1n) is 8.47. The highest BCUT2D eigenvalue weighted by Gasteiger charge is 2.14. The topological polar surface area (TPSA) is 67.8 Å². The van der Waals surface area contributed by atoms with E-state index < -0.39 is 0 Å². The van der Waals surface area contributed by atoms with Crippen molar-refractivity contribution in [1.29, 1.82) is 0 Å². The van der Waals surface area contributed by atoms with Crippen LogP contribution in [0.2, 0.25) is 0 Å². The Morgan fingerprint density at radius 1 is 1.15 bits per heavy atom. The largest absolute Gasteiger partial charge is 0.343 e. The van der Waals surface area contributed by atoms with Crippen molar-refractivity contribution in [1.82, 2.24) is 14.8 Å². The van der Waals surface area contributed by atoms with Crippen LogP contribution in [0.5, 0.6) is 0 Å². The van der Waals surface area contributed by atoms with Gasteiger partial charge in [-0.05, 0) is 31.4 Å². The Morgan fingerprint density at radius 2 is 1.92 bits per heavy atom. The molecule has 134 valence electrons. The molecule has 0 amide bonds. The normalized spacial score (nSPS) is 10.8. The van der Waals surface area contributed by atoms with Crippen LogP contribution in [0.3, 0.4) is 0 Å². The number of ketones is 1. The Bertz CT molecular complexity index is 961. The van der Waals surface area contributed by atoms with Gasteiger partial charge < -0.3 is 0 Å². The monoisotopic (exact) mass is 367 g/mol. The fraction of sp³-hybridized carbons (Fsp3) is 0.250. The van der Waals surface area contributed by atoms with Gasteiger partial charge in [-0.25, -0.2) is 9.89 Å². The summed E-state index contributed by atoms with van der Waals surface area (Å²) >= 11 is 1.29. The van der Waals surface area contributed by atoms with Gasteiger partial charge in [0, 0.05) is 12.1 Å². The van der Waals surface area contributed by atoms with Crippen molar-refractivity contribution < 1.29 is 4.79 Å². The maximum absolute atomic E-state index is 12.5. The van der Waals surface area contributed by atoms with E-state index in [1.165, 1.54) is 11.8 Å². The van der Waals surface area contributed by atoms with E-state index in [-0.39, 0.29) is 17.2 Å². The molecule has 2 aromatic carbocycles. The number of hydrogen-bond donors (Lipinski definition) is 1. The molecule has 0 atom stereocenters. The molecule has 0 saturated carbocycles. The highest BCUT2D eigenvalue weighted by Crippen LogP contribution is 2.18. The Balaban J connectivity index is 1.67. The fourth-order valence-electron chi connectivity index (χ4n) is 2.83. The van der Waals surface area contributed by atoms with Gasteiger partial charge in [-0.1, -0.05) is 65.9 Å². The zero-order valence-corrected chi connectivity index (χ0v) is 15.7. The molecule has 0 saturated heterocycles. The molecule has 1 aromatic heterocycles. The molecule has 0 fully saturated rings. The van der Waals surface area contributed by atoms with Gasteiger partial charge in [-0.15, -0.1) is 5.10 Å². The van der Waals surface area contributed by atoms with Gasteiger partial charge in [0.15, 0.2) is 10.9 Å². The summed E-state index contributed by atoms with van der Waals surface area (Å²) in [6, 6.07) is 15.8. The zero-order chi connectivity index (χ0) is 18.5. The second kappa shape index (κ2) is 8.19. The number of nitrogens with zero attached hydrogens (tertiary/aromatic N) is 2. The SMILES string of the molecule is Cc1ccc(C(=O)CSc2n[nH]c(=O)n2CCc2ccccc2)c(C)c1. The third-order valence-electron chi connectivity index (χ3n) is 4.20. The number of aromatic amines is 1. The van der Waals surface area contributed by atoms with E-state index in [1.54, 1.807) is 4.57 Å². The van der Waals surface area contributed by atoms with Gasteiger partial charge in [0.25, 0.3) is 0 Å². The summed E-state index contributed by atoms with van der Waals surface area (Å²) in [4.78, 5) is 24.5. The van der Waals surface area contributed by atoms with Gasteiger partial charge in [0.1, 0.15) is 0 Å². The lowest BCUT2D eigenvalue weighted by Gasteiger charge is -2.07. The molecule has 0 aliphatic heterocycles. The molecule has 6 heteroatoms. The highest BCUT2D eigenvalue weighted by molar-refractivity contribution is 7.99. The van der Waals surface area contributed by atoms with Crippen molar-refractivity contribution in [3.05, 3.63) is 81.3 Å². The summed E-state index contributed by atoms with van der Waals surface area (Å²) in [5.41, 5.74) is 3.73. The van der Waals surface area contributed by atoms with Crippen molar-refractivity contribution in [3.63, 3.8) is 0 Å². The number of benzene rings is 2. The lowest BCUT2D eigenvalue weighted by molar-refractivity contribution is 0.102. The summed E-state index contributed by atoms with van der Waals surface area (Å²) in [6.45, 7) is 4.47. The van der Waals surface area contributed by atoms with Gasteiger partial charge in [0.05, 0.1) is 5.75 Å². The summed E-state index contributed by atoms with van der Waals surface area (Å²) in [7, 11) is 0. The van der Waals surface area contributed by atoms with E-state index in [0.717, 1.165) is 28.7 Å². The Kier molecular flexibility index (Phi) is 5.73. The third-order valence-corrected chi connectivity index (χ3v) is 5.18. The summed E-state index contributed by atoms with van der Waals surface area (Å²) in [5, 5.41) is 7.09. The number of hydrogen-bond acceptors (Lipinski definition) is 4. The standard InChI is InChI=1S/C20H21N3O2S/c1-14-8-9-17(15(2)12-14)18(24)13-26-20-22-21-19(25)23(20)11-10-16-6-4-3-5-7-16/h3-9,12H,10-11,13H2,1-2H3,(H,21,25). The first-order valence-corrected chi connectivity index (χ1v) is 9.45. The predicted octanol–water partition coefficient (Wildman–Crippen LogP) is 3.41. The van der Waals surface area contributed by atoms with Crippen LogP contribution in [0.1, 0.15) is 27.0 Å². The molecule has 0 aliphatic rings. The van der Waals surface area contributed by atoms with Crippen molar-refractivity contribution in [2.75, 3.05) is 5.75 Å². The first-order chi connectivity index (χ1) is 12.5. The number of rotatable bonds is 7. The first kappa shape index (κ1) is 18.2. The number of H-pyrrole nitrogens is 1. The Hall–Kier alpha value is -2.60. The van der Waals surface area contributed by atoms with E-state index in [1.807, 2.05) is 62.4 Å². The summed E-state index contributed by atoms with van der Waals surface area (Å²) < 4.78 is 1.59. The molecule has 1 heterocycles. The molecule has 0 spiro atoms. The Labute approximate surface area is 156 Å². The molecular formula is C20H21N3O2S.